The molecule has 0 saturated carbocycles. The third-order valence-corrected chi connectivity index (χ3v) is 2.55. The Bertz CT molecular complexity index is 372. The Morgan fingerprint density at radius 1 is 1.11 bits per heavy atom. The number of ketones is 1. The van der Waals surface area contributed by atoms with E-state index in [0.717, 1.165) is 6.42 Å². The summed E-state index contributed by atoms with van der Waals surface area (Å²) in [5.41, 5.74) is 0. The van der Waals surface area contributed by atoms with Crippen molar-refractivity contribution in [2.45, 2.75) is 58.3 Å². The maximum absolute atomic E-state index is 10.9. The van der Waals surface area contributed by atoms with Gasteiger partial charge in [0.2, 0.25) is 5.78 Å². The molecule has 0 saturated heterocycles. The highest BCUT2D eigenvalue weighted by molar-refractivity contribution is 5.95. The van der Waals surface area contributed by atoms with E-state index in [1.807, 2.05) is 6.08 Å². The highest BCUT2D eigenvalue weighted by atomic mass is 16.3. The molecule has 2 heteroatoms. The van der Waals surface area contributed by atoms with Crippen molar-refractivity contribution >= 4 is 5.78 Å². The first kappa shape index (κ1) is 17.5. The Morgan fingerprint density at radius 2 is 1.89 bits per heavy atom. The van der Waals surface area contributed by atoms with Crippen molar-refractivity contribution in [1.29, 1.82) is 0 Å². The van der Waals surface area contributed by atoms with Crippen molar-refractivity contribution in [2.75, 3.05) is 6.61 Å². The van der Waals surface area contributed by atoms with Crippen LogP contribution in [0.3, 0.4) is 0 Å². The summed E-state index contributed by atoms with van der Waals surface area (Å²) in [6, 6.07) is 0. The molecular weight excluding hydrogens is 236 g/mol. The molecule has 0 rings (SSSR count). The predicted molar refractivity (Wildman–Crippen MR) is 79.4 cm³/mol. The van der Waals surface area contributed by atoms with E-state index < -0.39 is 0 Å². The van der Waals surface area contributed by atoms with E-state index >= 15 is 0 Å². The molecule has 2 nitrogen and oxygen atoms in total. The monoisotopic (exact) mass is 260 g/mol. The van der Waals surface area contributed by atoms with E-state index in [0.29, 0.717) is 6.42 Å². The van der Waals surface area contributed by atoms with Crippen LogP contribution in [-0.2, 0) is 4.79 Å². The summed E-state index contributed by atoms with van der Waals surface area (Å²) in [5.74, 6) is 10.1. The minimum absolute atomic E-state index is 0.0899. The second kappa shape index (κ2) is 14.6. The molecule has 0 amide bonds. The molecule has 104 valence electrons. The average molecular weight is 260 g/mol. The fourth-order valence-electron chi connectivity index (χ4n) is 1.49. The first-order valence-electron chi connectivity index (χ1n) is 7.08. The highest BCUT2D eigenvalue weighted by Crippen LogP contribution is 2.05. The van der Waals surface area contributed by atoms with Crippen LogP contribution in [0.25, 0.3) is 0 Å². The molecule has 0 radical (unpaired) electrons. The summed E-state index contributed by atoms with van der Waals surface area (Å²) < 4.78 is 0. The fourth-order valence-corrected chi connectivity index (χ4v) is 1.49. The summed E-state index contributed by atoms with van der Waals surface area (Å²) >= 11 is 0. The Hall–Kier alpha value is -1.51. The molecule has 0 aliphatic rings. The highest BCUT2D eigenvalue weighted by Gasteiger charge is 1.91. The number of allylic oxidation sites excluding steroid dienone is 2. The molecule has 0 aromatic carbocycles. The van der Waals surface area contributed by atoms with Gasteiger partial charge in [0.25, 0.3) is 0 Å². The Kier molecular flexibility index (Phi) is 13.4. The first-order valence-corrected chi connectivity index (χ1v) is 7.08. The van der Waals surface area contributed by atoms with Crippen LogP contribution in [0.15, 0.2) is 12.2 Å². The molecule has 0 atom stereocenters. The van der Waals surface area contributed by atoms with Crippen LogP contribution in [-0.4, -0.2) is 17.5 Å². The molecule has 0 spiro atoms. The number of carbonyl (C=O) groups is 1. The van der Waals surface area contributed by atoms with Gasteiger partial charge in [-0.25, -0.2) is 0 Å². The summed E-state index contributed by atoms with van der Waals surface area (Å²) in [4.78, 5) is 10.9. The molecule has 0 bridgehead atoms. The summed E-state index contributed by atoms with van der Waals surface area (Å²) in [6.07, 6.45) is 12.6. The van der Waals surface area contributed by atoms with E-state index in [4.69, 9.17) is 5.11 Å². The number of hydrogen-bond acceptors (Lipinski definition) is 2. The van der Waals surface area contributed by atoms with Crippen molar-refractivity contribution in [1.82, 2.24) is 0 Å². The molecule has 0 aromatic rings. The predicted octanol–water partition coefficient (Wildman–Crippen LogP) is 3.25. The second-order valence-corrected chi connectivity index (χ2v) is 4.33. The lowest BCUT2D eigenvalue weighted by atomic mass is 10.1. The second-order valence-electron chi connectivity index (χ2n) is 4.33. The van der Waals surface area contributed by atoms with E-state index in [1.54, 1.807) is 0 Å². The van der Waals surface area contributed by atoms with Gasteiger partial charge >= 0.3 is 0 Å². The number of hydrogen-bond donors (Lipinski definition) is 1. The van der Waals surface area contributed by atoms with E-state index in [2.05, 4.69) is 36.7 Å². The molecule has 0 unspecified atom stereocenters. The number of aliphatic hydroxyl groups is 1. The van der Waals surface area contributed by atoms with Crippen LogP contribution in [0.4, 0.5) is 0 Å². The van der Waals surface area contributed by atoms with Crippen LogP contribution in [0.1, 0.15) is 58.3 Å². The lowest BCUT2D eigenvalue weighted by Gasteiger charge is -1.95. The van der Waals surface area contributed by atoms with Gasteiger partial charge in [0.05, 0.1) is 6.61 Å². The fraction of sp³-hybridized carbons (Fsp3) is 0.588. The van der Waals surface area contributed by atoms with Crippen molar-refractivity contribution in [3.63, 3.8) is 0 Å². The minimum Gasteiger partial charge on any atom is -0.396 e. The number of rotatable bonds is 9. The van der Waals surface area contributed by atoms with Gasteiger partial charge in [0.1, 0.15) is 0 Å². The molecule has 1 N–H and O–H groups in total. The largest absolute Gasteiger partial charge is 0.396 e. The quantitative estimate of drug-likeness (QED) is 0.299. The summed E-state index contributed by atoms with van der Waals surface area (Å²) in [7, 11) is 0. The van der Waals surface area contributed by atoms with Crippen LogP contribution in [0.5, 0.6) is 0 Å². The van der Waals surface area contributed by atoms with E-state index in [-0.39, 0.29) is 18.8 Å². The van der Waals surface area contributed by atoms with Gasteiger partial charge in [0.15, 0.2) is 0 Å². The van der Waals surface area contributed by atoms with Gasteiger partial charge in [0, 0.05) is 12.8 Å². The zero-order chi connectivity index (χ0) is 14.2. The van der Waals surface area contributed by atoms with Crippen molar-refractivity contribution in [3.05, 3.63) is 12.2 Å². The van der Waals surface area contributed by atoms with Gasteiger partial charge < -0.3 is 5.11 Å². The SMILES string of the molecule is CCCCCCC/C=C/CC#CC#CC(=O)CCO. The number of Topliss-reactive ketones (excluding diaryl/α,β-unsaturated/α-hetero) is 1. The van der Waals surface area contributed by atoms with Crippen molar-refractivity contribution in [3.8, 4) is 23.7 Å². The van der Waals surface area contributed by atoms with E-state index in [1.165, 1.54) is 32.1 Å². The normalized spacial score (nSPS) is 9.58. The average Bonchev–Trinajstić information content (AvgIpc) is 2.40. The summed E-state index contributed by atoms with van der Waals surface area (Å²) in [5, 5.41) is 8.49. The first-order chi connectivity index (χ1) is 9.31. The molecular formula is C17H24O2. The number of unbranched alkanes of at least 4 members (excludes halogenated alkanes) is 5. The van der Waals surface area contributed by atoms with Gasteiger partial charge in [-0.05, 0) is 30.6 Å². The molecule has 0 heterocycles. The number of aliphatic hydroxyl groups excluding tert-OH is 1. The van der Waals surface area contributed by atoms with Crippen molar-refractivity contribution < 1.29 is 9.90 Å². The zero-order valence-corrected chi connectivity index (χ0v) is 11.9. The lowest BCUT2D eigenvalue weighted by molar-refractivity contribution is -0.114. The van der Waals surface area contributed by atoms with Gasteiger partial charge in [-0.15, -0.1) is 0 Å². The van der Waals surface area contributed by atoms with E-state index in [9.17, 15) is 4.79 Å². The van der Waals surface area contributed by atoms with Crippen LogP contribution < -0.4 is 0 Å². The molecule has 19 heavy (non-hydrogen) atoms. The van der Waals surface area contributed by atoms with Crippen molar-refractivity contribution in [2.24, 2.45) is 0 Å². The number of carbonyl (C=O) groups excluding carboxylic acids is 1. The summed E-state index contributed by atoms with van der Waals surface area (Å²) in [6.45, 7) is 2.07. The Labute approximate surface area is 117 Å². The lowest BCUT2D eigenvalue weighted by Crippen LogP contribution is -1.95. The van der Waals surface area contributed by atoms with Crippen LogP contribution >= 0.6 is 0 Å². The standard InChI is InChI=1S/C17H24O2/c1-2-3-4-5-6-7-8-9-10-11-12-13-14-17(19)15-16-18/h8-9,18H,2-7,10,15-16H2,1H3/b9-8+. The molecule has 0 aliphatic heterocycles. The Balaban J connectivity index is 3.54. The van der Waals surface area contributed by atoms with Crippen LogP contribution in [0.2, 0.25) is 0 Å². The Morgan fingerprint density at radius 3 is 2.63 bits per heavy atom. The molecule has 0 aromatic heterocycles. The third kappa shape index (κ3) is 14.4. The maximum Gasteiger partial charge on any atom is 0.208 e. The zero-order valence-electron chi connectivity index (χ0n) is 11.9. The van der Waals surface area contributed by atoms with Gasteiger partial charge in [-0.2, -0.15) is 0 Å². The van der Waals surface area contributed by atoms with Crippen LogP contribution in [0, 0.1) is 23.7 Å². The van der Waals surface area contributed by atoms with Gasteiger partial charge in [-0.1, -0.05) is 50.7 Å². The molecule has 0 fully saturated rings. The minimum atomic E-state index is -0.264. The molecule has 0 aliphatic carbocycles. The van der Waals surface area contributed by atoms with Gasteiger partial charge in [-0.3, -0.25) is 4.79 Å². The topological polar surface area (TPSA) is 37.3 Å². The maximum atomic E-state index is 10.9. The third-order valence-electron chi connectivity index (χ3n) is 2.55. The smallest absolute Gasteiger partial charge is 0.208 e.